The molecular weight excluding hydrogens is 715 g/mol. The molecule has 0 bridgehead atoms. The van der Waals surface area contributed by atoms with Crippen molar-refractivity contribution in [1.29, 1.82) is 0 Å². The molecule has 1 aliphatic carbocycles. The number of unbranched alkanes of at least 4 members (excludes halogenated alkanes) is 1. The topological polar surface area (TPSA) is 18.9 Å². The van der Waals surface area contributed by atoms with E-state index in [1.54, 1.807) is 0 Å². The predicted molar refractivity (Wildman–Crippen MR) is 178 cm³/mol. The van der Waals surface area contributed by atoms with E-state index in [2.05, 4.69) is 153 Å². The van der Waals surface area contributed by atoms with Gasteiger partial charge in [-0.2, -0.15) is 6.07 Å². The SMILES string of the molecule is CCCC[N+]1=C=[N+](c2[c-]cc3c(c2)C(C)(C)c2ccccc2-3)c2ccccc21.Cc1c[c-]c(-c2cc(C)c(C)cn2)cc1.[Ir]. The Morgan fingerprint density at radius 2 is 1.55 bits per heavy atom. The fourth-order valence-corrected chi connectivity index (χ4v) is 5.97. The molecule has 44 heavy (non-hydrogen) atoms. The Kier molecular flexibility index (Phi) is 9.28. The molecule has 1 radical (unpaired) electrons. The Hall–Kier alpha value is -3.94. The van der Waals surface area contributed by atoms with Crippen LogP contribution in [0.5, 0.6) is 0 Å². The van der Waals surface area contributed by atoms with Gasteiger partial charge in [0.25, 0.3) is 11.4 Å². The molecule has 0 saturated carbocycles. The fourth-order valence-electron chi connectivity index (χ4n) is 5.97. The molecule has 5 aromatic rings. The summed E-state index contributed by atoms with van der Waals surface area (Å²) in [6, 6.07) is 40.4. The first kappa shape index (κ1) is 31.5. The van der Waals surface area contributed by atoms with Crippen LogP contribution in [0.2, 0.25) is 0 Å². The van der Waals surface area contributed by atoms with E-state index >= 15 is 0 Å². The number of nitrogens with zero attached hydrogens (tertiary/aromatic N) is 3. The first-order chi connectivity index (χ1) is 20.8. The van der Waals surface area contributed by atoms with E-state index in [-0.39, 0.29) is 25.5 Å². The summed E-state index contributed by atoms with van der Waals surface area (Å²) in [6.45, 7) is 14.1. The monoisotopic (exact) mass is 754 g/mol. The van der Waals surface area contributed by atoms with Gasteiger partial charge in [-0.25, -0.2) is 0 Å². The van der Waals surface area contributed by atoms with Gasteiger partial charge in [0.05, 0.1) is 0 Å². The van der Waals surface area contributed by atoms with Crippen LogP contribution < -0.4 is 4.58 Å². The average Bonchev–Trinajstić information content (AvgIpc) is 3.50. The predicted octanol–water partition coefficient (Wildman–Crippen LogP) is 9.73. The standard InChI is InChI=1S/C26H25N2.C14H14N.Ir/c1-4-5-16-27-18-28(25-13-9-8-12-24(25)27)19-14-15-21-20-10-6-7-11-22(20)26(2,3)23(21)17-19;1-10-4-6-13(7-5-10)14-8-11(2)12(3)9-15-14;/h6-13,15,17H,4-5,16H2,1-3H3;4-6,8-9H,1-3H3;/q+1;-1;. The van der Waals surface area contributed by atoms with E-state index in [1.807, 2.05) is 12.3 Å². The summed E-state index contributed by atoms with van der Waals surface area (Å²) in [6.07, 6.45) is 4.25. The molecule has 2 heterocycles. The molecule has 1 aromatic heterocycles. The first-order valence-electron chi connectivity index (χ1n) is 15.3. The van der Waals surface area contributed by atoms with Crippen molar-refractivity contribution in [2.75, 3.05) is 6.54 Å². The minimum absolute atomic E-state index is 0. The molecule has 0 fully saturated rings. The Morgan fingerprint density at radius 1 is 0.795 bits per heavy atom. The molecule has 223 valence electrons. The minimum Gasteiger partial charge on any atom is -0.304 e. The summed E-state index contributed by atoms with van der Waals surface area (Å²) >= 11 is 0. The molecule has 0 unspecified atom stereocenters. The van der Waals surface area contributed by atoms with Gasteiger partial charge in [0.15, 0.2) is 6.54 Å². The zero-order valence-corrected chi connectivity index (χ0v) is 28.9. The minimum atomic E-state index is -0.00306. The number of rotatable bonds is 5. The van der Waals surface area contributed by atoms with E-state index in [4.69, 9.17) is 0 Å². The maximum atomic E-state index is 4.41. The van der Waals surface area contributed by atoms with Crippen molar-refractivity contribution in [2.24, 2.45) is 0 Å². The molecule has 0 spiro atoms. The Morgan fingerprint density at radius 3 is 2.27 bits per heavy atom. The smallest absolute Gasteiger partial charge is 0.304 e. The van der Waals surface area contributed by atoms with Crippen LogP contribution in [0.3, 0.4) is 0 Å². The molecule has 3 nitrogen and oxygen atoms in total. The second kappa shape index (κ2) is 13.0. The van der Waals surface area contributed by atoms with Crippen LogP contribution in [0.25, 0.3) is 22.4 Å². The van der Waals surface area contributed by atoms with Gasteiger partial charge < -0.3 is 4.98 Å². The van der Waals surface area contributed by atoms with Gasteiger partial charge in [-0.15, -0.1) is 52.6 Å². The molecule has 4 aromatic carbocycles. The van der Waals surface area contributed by atoms with Gasteiger partial charge in [-0.3, -0.25) is 0 Å². The van der Waals surface area contributed by atoms with Crippen LogP contribution in [0.1, 0.15) is 61.4 Å². The Bertz CT molecular complexity index is 1890. The molecule has 0 saturated heterocycles. The van der Waals surface area contributed by atoms with Gasteiger partial charge in [0, 0.05) is 44.9 Å². The summed E-state index contributed by atoms with van der Waals surface area (Å²) in [5.41, 5.74) is 14.7. The number of para-hydroxylation sites is 2. The van der Waals surface area contributed by atoms with Gasteiger partial charge in [-0.05, 0) is 36.1 Å². The summed E-state index contributed by atoms with van der Waals surface area (Å²) in [5, 5.41) is 0. The molecule has 2 aliphatic rings. The van der Waals surface area contributed by atoms with E-state index in [9.17, 15) is 0 Å². The third-order valence-corrected chi connectivity index (χ3v) is 8.73. The van der Waals surface area contributed by atoms with Crippen LogP contribution >= 0.6 is 0 Å². The maximum Gasteiger partial charge on any atom is 0.494 e. The third kappa shape index (κ3) is 5.91. The summed E-state index contributed by atoms with van der Waals surface area (Å²) < 4.78 is 4.42. The molecular formula is C40H39IrN3. The van der Waals surface area contributed by atoms with Gasteiger partial charge in [-0.1, -0.05) is 103 Å². The molecule has 1 aliphatic heterocycles. The second-order valence-corrected chi connectivity index (χ2v) is 12.2. The number of fused-ring (bicyclic) bond motifs is 4. The van der Waals surface area contributed by atoms with Crippen molar-refractivity contribution in [3.8, 4) is 22.4 Å². The van der Waals surface area contributed by atoms with Crippen molar-refractivity contribution in [1.82, 2.24) is 9.56 Å². The van der Waals surface area contributed by atoms with Gasteiger partial charge >= 0.3 is 6.01 Å². The average molecular weight is 754 g/mol. The maximum absolute atomic E-state index is 4.41. The van der Waals surface area contributed by atoms with Crippen LogP contribution in [0.4, 0.5) is 17.1 Å². The van der Waals surface area contributed by atoms with E-state index in [0.29, 0.717) is 0 Å². The molecule has 4 heteroatoms. The fraction of sp³-hybridized carbons (Fsp3) is 0.250. The van der Waals surface area contributed by atoms with Gasteiger partial charge in [0.2, 0.25) is 0 Å². The van der Waals surface area contributed by atoms with Crippen LogP contribution in [0, 0.1) is 32.9 Å². The number of benzene rings is 4. The second-order valence-electron chi connectivity index (χ2n) is 12.2. The Balaban J connectivity index is 0.000000204. The van der Waals surface area contributed by atoms with E-state index in [0.717, 1.165) is 29.9 Å². The summed E-state index contributed by atoms with van der Waals surface area (Å²) in [4.78, 5) is 4.41. The van der Waals surface area contributed by atoms with Crippen LogP contribution in [-0.2, 0) is 25.5 Å². The molecule has 0 amide bonds. The van der Waals surface area contributed by atoms with Crippen LogP contribution in [-0.4, -0.2) is 22.1 Å². The van der Waals surface area contributed by atoms with E-state index in [1.165, 1.54) is 56.7 Å². The van der Waals surface area contributed by atoms with Gasteiger partial charge in [0.1, 0.15) is 5.69 Å². The number of pyridine rings is 1. The van der Waals surface area contributed by atoms with Crippen molar-refractivity contribution in [3.63, 3.8) is 0 Å². The zero-order valence-electron chi connectivity index (χ0n) is 26.5. The quantitative estimate of drug-likeness (QED) is 0.129. The number of hydrogen-bond donors (Lipinski definition) is 0. The van der Waals surface area contributed by atoms with Crippen molar-refractivity contribution in [2.45, 2.75) is 59.8 Å². The summed E-state index contributed by atoms with van der Waals surface area (Å²) in [5.74, 6) is 0. The largest absolute Gasteiger partial charge is 0.494 e. The number of aryl methyl sites for hydroxylation is 3. The third-order valence-electron chi connectivity index (χ3n) is 8.73. The molecule has 0 N–H and O–H groups in total. The normalized spacial score (nSPS) is 13.4. The number of aromatic nitrogens is 1. The first-order valence-corrected chi connectivity index (χ1v) is 15.3. The van der Waals surface area contributed by atoms with Crippen molar-refractivity contribution in [3.05, 3.63) is 131 Å². The van der Waals surface area contributed by atoms with Crippen LogP contribution in [0.15, 0.2) is 91.1 Å². The van der Waals surface area contributed by atoms with Crippen molar-refractivity contribution < 1.29 is 24.7 Å². The van der Waals surface area contributed by atoms with E-state index < -0.39 is 0 Å². The Labute approximate surface area is 276 Å². The molecule has 0 atom stereocenters. The zero-order chi connectivity index (χ0) is 30.1. The van der Waals surface area contributed by atoms with Crippen molar-refractivity contribution >= 4 is 23.1 Å². The molecule has 7 rings (SSSR count). The number of hydrogen-bond acceptors (Lipinski definition) is 1. The summed E-state index contributed by atoms with van der Waals surface area (Å²) in [7, 11) is 0.